The Kier molecular flexibility index (Phi) is 5.47. The van der Waals surface area contributed by atoms with Crippen LogP contribution >= 0.6 is 0 Å². The summed E-state index contributed by atoms with van der Waals surface area (Å²) in [6.07, 6.45) is -0.151. The summed E-state index contributed by atoms with van der Waals surface area (Å²) < 4.78 is 6.47. The second-order valence-corrected chi connectivity index (χ2v) is 20.4. The van der Waals surface area contributed by atoms with Gasteiger partial charge in [0, 0.05) is 0 Å². The second-order valence-electron chi connectivity index (χ2n) is 6.91. The average molecular weight is 444 g/mol. The van der Waals surface area contributed by atoms with Crippen LogP contribution in [-0.2, 0) is 9.53 Å². The maximum absolute atomic E-state index is 12.8. The summed E-state index contributed by atoms with van der Waals surface area (Å²) in [6.45, 7) is 0.659. The number of amides is 2. The number of carbonyl (C=O) groups is 2. The molecular formula is C20H23NO3Sn. The third kappa shape index (κ3) is 3.89. The molecule has 0 saturated carbocycles. The van der Waals surface area contributed by atoms with E-state index in [-0.39, 0.29) is 9.84 Å². The van der Waals surface area contributed by atoms with Crippen molar-refractivity contribution in [1.82, 2.24) is 4.90 Å². The number of imide groups is 1. The van der Waals surface area contributed by atoms with Crippen molar-refractivity contribution in [2.75, 3.05) is 13.2 Å². The van der Waals surface area contributed by atoms with Gasteiger partial charge in [-0.05, 0) is 0 Å². The molecule has 0 aromatic heterocycles. The summed E-state index contributed by atoms with van der Waals surface area (Å²) in [7, 11) is 0. The molecule has 1 unspecified atom stereocenters. The van der Waals surface area contributed by atoms with Crippen molar-refractivity contribution in [2.45, 2.75) is 20.2 Å². The fourth-order valence-electron chi connectivity index (χ4n) is 3.45. The normalized spacial score (nSPS) is 15.8. The summed E-state index contributed by atoms with van der Waals surface area (Å²) in [5, 5.41) is 0. The minimum atomic E-state index is -2.87. The molecule has 0 bridgehead atoms. The van der Waals surface area contributed by atoms with Crippen molar-refractivity contribution in [3.63, 3.8) is 0 Å². The Labute approximate surface area is 152 Å². The Morgan fingerprint density at radius 3 is 2.24 bits per heavy atom. The van der Waals surface area contributed by atoms with Gasteiger partial charge in [-0.1, -0.05) is 0 Å². The summed E-state index contributed by atoms with van der Waals surface area (Å²) in [6, 6.07) is 20.7. The number of hydrogen-bond donors (Lipinski definition) is 0. The van der Waals surface area contributed by atoms with Crippen LogP contribution < -0.4 is 3.58 Å². The number of carbonyl (C=O) groups excluding carboxylic acids is 2. The Bertz CT molecular complexity index is 746. The fraction of sp³-hybridized carbons (Fsp3) is 0.300. The molecule has 25 heavy (non-hydrogen) atoms. The number of benzene rings is 2. The molecule has 4 nitrogen and oxygen atoms in total. The van der Waals surface area contributed by atoms with Crippen LogP contribution in [-0.4, -0.2) is 48.4 Å². The van der Waals surface area contributed by atoms with E-state index < -0.39 is 24.5 Å². The zero-order chi connectivity index (χ0) is 17.9. The SMILES string of the molecule is [CH3][Sn]([CH3])([c]1ccccc1)[CH](CC(=O)N1CCOC1=O)c1ccccc1. The molecule has 1 aliphatic rings. The van der Waals surface area contributed by atoms with E-state index in [0.29, 0.717) is 19.6 Å². The predicted molar refractivity (Wildman–Crippen MR) is 100 cm³/mol. The van der Waals surface area contributed by atoms with E-state index in [2.05, 4.69) is 46.3 Å². The molecule has 2 aromatic rings. The monoisotopic (exact) mass is 445 g/mol. The summed E-state index contributed by atoms with van der Waals surface area (Å²) in [4.78, 5) is 30.5. The first-order valence-corrected chi connectivity index (χ1v) is 17.4. The minimum absolute atomic E-state index is 0.128. The van der Waals surface area contributed by atoms with Gasteiger partial charge in [0.1, 0.15) is 0 Å². The quantitative estimate of drug-likeness (QED) is 0.666. The van der Waals surface area contributed by atoms with E-state index >= 15 is 0 Å². The van der Waals surface area contributed by atoms with Crippen LogP contribution in [0.2, 0.25) is 9.88 Å². The first-order valence-electron chi connectivity index (χ1n) is 8.58. The molecule has 0 spiro atoms. The zero-order valence-corrected chi connectivity index (χ0v) is 17.5. The van der Waals surface area contributed by atoms with Crippen molar-refractivity contribution in [3.05, 3.63) is 66.2 Å². The zero-order valence-electron chi connectivity index (χ0n) is 14.6. The summed E-state index contributed by atoms with van der Waals surface area (Å²) in [5.74, 6) is -0.128. The molecular weight excluding hydrogens is 421 g/mol. The van der Waals surface area contributed by atoms with Crippen LogP contribution in [0.4, 0.5) is 4.79 Å². The summed E-state index contributed by atoms with van der Waals surface area (Å²) in [5.41, 5.74) is 1.19. The van der Waals surface area contributed by atoms with Crippen molar-refractivity contribution < 1.29 is 14.3 Å². The predicted octanol–water partition coefficient (Wildman–Crippen LogP) is 3.29. The van der Waals surface area contributed by atoms with Gasteiger partial charge in [0.15, 0.2) is 0 Å². The van der Waals surface area contributed by atoms with Crippen LogP contribution in [0.15, 0.2) is 60.7 Å². The summed E-state index contributed by atoms with van der Waals surface area (Å²) >= 11 is -2.87. The molecule has 1 heterocycles. The molecule has 0 radical (unpaired) electrons. The van der Waals surface area contributed by atoms with Crippen LogP contribution in [0.1, 0.15) is 15.9 Å². The molecule has 1 saturated heterocycles. The van der Waals surface area contributed by atoms with Crippen LogP contribution in [0.5, 0.6) is 0 Å². The van der Waals surface area contributed by atoms with E-state index in [1.165, 1.54) is 14.0 Å². The van der Waals surface area contributed by atoms with Gasteiger partial charge >= 0.3 is 153 Å². The number of ether oxygens (including phenoxy) is 1. The Morgan fingerprint density at radius 2 is 1.68 bits per heavy atom. The first kappa shape index (κ1) is 18.0. The van der Waals surface area contributed by atoms with Gasteiger partial charge in [0.25, 0.3) is 0 Å². The van der Waals surface area contributed by atoms with E-state index in [0.717, 1.165) is 0 Å². The topological polar surface area (TPSA) is 46.6 Å². The van der Waals surface area contributed by atoms with Crippen molar-refractivity contribution in [1.29, 1.82) is 0 Å². The van der Waals surface area contributed by atoms with E-state index in [1.54, 1.807) is 0 Å². The molecule has 3 rings (SSSR count). The van der Waals surface area contributed by atoms with Gasteiger partial charge in [-0.15, -0.1) is 0 Å². The Hall–Kier alpha value is -1.82. The van der Waals surface area contributed by atoms with Crippen molar-refractivity contribution >= 4 is 34.0 Å². The standard InChI is InChI=1S/C12H12NO3.C6H5.2CH3.Sn/c14-11(13-8-9-16-12(13)15)7-6-10-4-2-1-3-5-10;1-2-4-6-5-3-1;;;/h1-6H,7-9H2;1-5H;2*1H3;. The van der Waals surface area contributed by atoms with Gasteiger partial charge in [0.05, 0.1) is 0 Å². The first-order chi connectivity index (χ1) is 12.0. The third-order valence-electron chi connectivity index (χ3n) is 5.03. The average Bonchev–Trinajstić information content (AvgIpc) is 3.07. The number of nitrogens with zero attached hydrogens (tertiary/aromatic N) is 1. The molecule has 130 valence electrons. The Morgan fingerprint density at radius 1 is 1.08 bits per heavy atom. The molecule has 5 heteroatoms. The third-order valence-corrected chi connectivity index (χ3v) is 16.7. The van der Waals surface area contributed by atoms with Gasteiger partial charge in [0.2, 0.25) is 0 Å². The number of rotatable bonds is 5. The molecule has 1 aliphatic heterocycles. The van der Waals surface area contributed by atoms with E-state index in [1.807, 2.05) is 24.3 Å². The molecule has 2 amide bonds. The van der Waals surface area contributed by atoms with E-state index in [4.69, 9.17) is 4.74 Å². The molecule has 0 aliphatic carbocycles. The molecule has 2 aromatic carbocycles. The van der Waals surface area contributed by atoms with Crippen molar-refractivity contribution in [3.8, 4) is 0 Å². The molecule has 0 N–H and O–H groups in total. The van der Waals surface area contributed by atoms with Gasteiger partial charge in [-0.25, -0.2) is 0 Å². The van der Waals surface area contributed by atoms with Gasteiger partial charge < -0.3 is 0 Å². The van der Waals surface area contributed by atoms with Gasteiger partial charge in [-0.3, -0.25) is 0 Å². The second kappa shape index (κ2) is 7.60. The Balaban J connectivity index is 1.93. The fourth-order valence-corrected chi connectivity index (χ4v) is 12.5. The number of hydrogen-bond acceptors (Lipinski definition) is 3. The number of cyclic esters (lactones) is 1. The molecule has 1 atom stereocenters. The maximum atomic E-state index is 12.8. The van der Waals surface area contributed by atoms with Crippen molar-refractivity contribution in [2.24, 2.45) is 0 Å². The van der Waals surface area contributed by atoms with Crippen LogP contribution in [0, 0.1) is 0 Å². The van der Waals surface area contributed by atoms with Gasteiger partial charge in [-0.2, -0.15) is 0 Å². The van der Waals surface area contributed by atoms with E-state index in [9.17, 15) is 9.59 Å². The van der Waals surface area contributed by atoms with Crippen LogP contribution in [0.25, 0.3) is 0 Å². The molecule has 1 fully saturated rings. The van der Waals surface area contributed by atoms with Crippen LogP contribution in [0.3, 0.4) is 0 Å².